The number of fused-ring (bicyclic) bond motifs is 1. The van der Waals surface area contributed by atoms with E-state index in [1.807, 2.05) is 4.57 Å². The lowest BCUT2D eigenvalue weighted by molar-refractivity contribution is -0.131. The normalized spacial score (nSPS) is 13.7. The van der Waals surface area contributed by atoms with Gasteiger partial charge in [0.2, 0.25) is 0 Å². The second kappa shape index (κ2) is 10.2. The molecule has 160 valence electrons. The molecule has 1 aromatic carbocycles. The van der Waals surface area contributed by atoms with E-state index in [9.17, 15) is 14.4 Å². The number of anilines is 1. The van der Waals surface area contributed by atoms with Crippen molar-refractivity contribution in [3.8, 4) is 5.75 Å². The molecule has 0 saturated carbocycles. The highest BCUT2D eigenvalue weighted by molar-refractivity contribution is 6.04. The highest BCUT2D eigenvalue weighted by atomic mass is 16.5. The van der Waals surface area contributed by atoms with Gasteiger partial charge in [-0.05, 0) is 68.0 Å². The number of carbonyl (C=O) groups is 2. The third kappa shape index (κ3) is 5.38. The van der Waals surface area contributed by atoms with Crippen molar-refractivity contribution in [3.63, 3.8) is 0 Å². The molecule has 0 fully saturated rings. The van der Waals surface area contributed by atoms with Gasteiger partial charge in [0, 0.05) is 24.8 Å². The van der Waals surface area contributed by atoms with Gasteiger partial charge in [0.15, 0.2) is 0 Å². The molecule has 0 unspecified atom stereocenters. The summed E-state index contributed by atoms with van der Waals surface area (Å²) in [5, 5.41) is 2.80. The van der Waals surface area contributed by atoms with Crippen LogP contribution in [0, 0.1) is 0 Å². The third-order valence-electron chi connectivity index (χ3n) is 5.45. The highest BCUT2D eigenvalue weighted by Crippen LogP contribution is 2.22. The number of rotatable bonds is 6. The standard InChI is InChI=1S/C24H30N2O4/c1-3-4-15-26-22-10-8-6-5-7-9-18(22)16-21(24(26)29)23(28)25-19-11-13-20(14-12-19)30-17(2)27/h11-14,16H,3-10,15H2,1-2H3,(H,25,28). The zero-order valence-electron chi connectivity index (χ0n) is 17.8. The van der Waals surface area contributed by atoms with Crippen LogP contribution in [0.3, 0.4) is 0 Å². The van der Waals surface area contributed by atoms with Gasteiger partial charge < -0.3 is 14.6 Å². The summed E-state index contributed by atoms with van der Waals surface area (Å²) in [4.78, 5) is 37.2. The fourth-order valence-electron chi connectivity index (χ4n) is 3.92. The van der Waals surface area contributed by atoms with E-state index in [2.05, 4.69) is 12.2 Å². The van der Waals surface area contributed by atoms with E-state index in [4.69, 9.17) is 4.74 Å². The summed E-state index contributed by atoms with van der Waals surface area (Å²) < 4.78 is 6.85. The number of nitrogens with one attached hydrogen (secondary N) is 1. The van der Waals surface area contributed by atoms with Crippen LogP contribution in [0.5, 0.6) is 5.75 Å². The Labute approximate surface area is 177 Å². The van der Waals surface area contributed by atoms with E-state index >= 15 is 0 Å². The summed E-state index contributed by atoms with van der Waals surface area (Å²) in [7, 11) is 0. The van der Waals surface area contributed by atoms with Crippen LogP contribution in [-0.2, 0) is 24.2 Å². The number of hydrogen-bond donors (Lipinski definition) is 1. The average Bonchev–Trinajstić information content (AvgIpc) is 2.69. The summed E-state index contributed by atoms with van der Waals surface area (Å²) in [6, 6.07) is 8.32. The largest absolute Gasteiger partial charge is 0.427 e. The van der Waals surface area contributed by atoms with Crippen molar-refractivity contribution in [2.24, 2.45) is 0 Å². The molecule has 1 aromatic heterocycles. The minimum atomic E-state index is -0.407. The Morgan fingerprint density at radius 2 is 1.77 bits per heavy atom. The summed E-state index contributed by atoms with van der Waals surface area (Å²) in [5.74, 6) is -0.404. The van der Waals surface area contributed by atoms with Gasteiger partial charge in [-0.1, -0.05) is 26.2 Å². The SMILES string of the molecule is CCCCn1c2c(cc(C(=O)Nc3ccc(OC(C)=O)cc3)c1=O)CCCCCC2. The predicted molar refractivity (Wildman–Crippen MR) is 117 cm³/mol. The van der Waals surface area contributed by atoms with Crippen molar-refractivity contribution in [2.75, 3.05) is 5.32 Å². The Morgan fingerprint density at radius 3 is 2.43 bits per heavy atom. The van der Waals surface area contributed by atoms with Gasteiger partial charge >= 0.3 is 5.97 Å². The number of aryl methyl sites for hydroxylation is 1. The minimum Gasteiger partial charge on any atom is -0.427 e. The van der Waals surface area contributed by atoms with Crippen LogP contribution in [-0.4, -0.2) is 16.4 Å². The Bertz CT molecular complexity index is 960. The molecule has 1 aliphatic carbocycles. The molecule has 1 N–H and O–H groups in total. The first kappa shape index (κ1) is 21.8. The van der Waals surface area contributed by atoms with E-state index in [1.165, 1.54) is 19.8 Å². The third-order valence-corrected chi connectivity index (χ3v) is 5.45. The molecule has 30 heavy (non-hydrogen) atoms. The second-order valence-corrected chi connectivity index (χ2v) is 7.83. The molecule has 1 heterocycles. The maximum absolute atomic E-state index is 13.2. The van der Waals surface area contributed by atoms with Crippen LogP contribution >= 0.6 is 0 Å². The quantitative estimate of drug-likeness (QED) is 0.562. The summed E-state index contributed by atoms with van der Waals surface area (Å²) in [6.45, 7) is 4.08. The van der Waals surface area contributed by atoms with Gasteiger partial charge in [0.25, 0.3) is 11.5 Å². The van der Waals surface area contributed by atoms with Crippen LogP contribution in [0.25, 0.3) is 0 Å². The number of aromatic nitrogens is 1. The van der Waals surface area contributed by atoms with Gasteiger partial charge in [-0.25, -0.2) is 0 Å². The molecule has 3 rings (SSSR count). The number of ether oxygens (including phenoxy) is 1. The summed E-state index contributed by atoms with van der Waals surface area (Å²) >= 11 is 0. The maximum atomic E-state index is 13.2. The monoisotopic (exact) mass is 410 g/mol. The second-order valence-electron chi connectivity index (χ2n) is 7.83. The van der Waals surface area contributed by atoms with Gasteiger partial charge in [-0.15, -0.1) is 0 Å². The summed E-state index contributed by atoms with van der Waals surface area (Å²) in [5.41, 5.74) is 2.75. The van der Waals surface area contributed by atoms with Crippen molar-refractivity contribution in [1.82, 2.24) is 4.57 Å². The maximum Gasteiger partial charge on any atom is 0.308 e. The Kier molecular flexibility index (Phi) is 7.44. The zero-order chi connectivity index (χ0) is 21.5. The van der Waals surface area contributed by atoms with Crippen molar-refractivity contribution < 1.29 is 14.3 Å². The number of pyridine rings is 1. The fourth-order valence-corrected chi connectivity index (χ4v) is 3.92. The Morgan fingerprint density at radius 1 is 1.07 bits per heavy atom. The van der Waals surface area contributed by atoms with Crippen LogP contribution in [0.4, 0.5) is 5.69 Å². The first-order valence-corrected chi connectivity index (χ1v) is 10.8. The van der Waals surface area contributed by atoms with Crippen LogP contribution in [0.1, 0.15) is 74.0 Å². The number of esters is 1. The molecule has 0 saturated heterocycles. The molecule has 0 aliphatic heterocycles. The topological polar surface area (TPSA) is 77.4 Å². The van der Waals surface area contributed by atoms with Gasteiger partial charge in [0.05, 0.1) is 0 Å². The molecule has 1 amide bonds. The van der Waals surface area contributed by atoms with Crippen LogP contribution in [0.2, 0.25) is 0 Å². The first-order valence-electron chi connectivity index (χ1n) is 10.8. The highest BCUT2D eigenvalue weighted by Gasteiger charge is 2.20. The Balaban J connectivity index is 1.90. The fraction of sp³-hybridized carbons (Fsp3) is 0.458. The van der Waals surface area contributed by atoms with Crippen molar-refractivity contribution in [3.05, 3.63) is 57.5 Å². The minimum absolute atomic E-state index is 0.189. The van der Waals surface area contributed by atoms with Gasteiger partial charge in [-0.2, -0.15) is 0 Å². The van der Waals surface area contributed by atoms with E-state index < -0.39 is 11.9 Å². The van der Waals surface area contributed by atoms with Crippen molar-refractivity contribution >= 4 is 17.6 Å². The smallest absolute Gasteiger partial charge is 0.308 e. The molecule has 0 spiro atoms. The number of unbranched alkanes of at least 4 members (excludes halogenated alkanes) is 1. The van der Waals surface area contributed by atoms with Gasteiger partial charge in [-0.3, -0.25) is 14.4 Å². The molecule has 2 aromatic rings. The van der Waals surface area contributed by atoms with E-state index in [0.29, 0.717) is 18.0 Å². The number of benzene rings is 1. The Hall–Kier alpha value is -2.89. The predicted octanol–water partition coefficient (Wildman–Crippen LogP) is 4.49. The number of amides is 1. The van der Waals surface area contributed by atoms with Gasteiger partial charge in [0.1, 0.15) is 11.3 Å². The average molecular weight is 411 g/mol. The molecular formula is C24H30N2O4. The van der Waals surface area contributed by atoms with Crippen LogP contribution in [0.15, 0.2) is 35.1 Å². The van der Waals surface area contributed by atoms with Crippen LogP contribution < -0.4 is 15.6 Å². The lowest BCUT2D eigenvalue weighted by Gasteiger charge is -2.21. The molecule has 1 aliphatic rings. The molecule has 6 heteroatoms. The van der Waals surface area contributed by atoms with Crippen molar-refractivity contribution in [1.29, 1.82) is 0 Å². The summed E-state index contributed by atoms with van der Waals surface area (Å²) in [6.07, 6.45) is 8.24. The van der Waals surface area contributed by atoms with Crippen molar-refractivity contribution in [2.45, 2.75) is 71.8 Å². The van der Waals surface area contributed by atoms with E-state index in [0.717, 1.165) is 49.8 Å². The lowest BCUT2D eigenvalue weighted by Crippen LogP contribution is -2.33. The number of nitrogens with zero attached hydrogens (tertiary/aromatic N) is 1. The van der Waals surface area contributed by atoms with E-state index in [1.54, 1.807) is 30.3 Å². The van der Waals surface area contributed by atoms with E-state index in [-0.39, 0.29) is 11.1 Å². The molecule has 0 bridgehead atoms. The molecule has 0 atom stereocenters. The number of hydrogen-bond acceptors (Lipinski definition) is 4. The lowest BCUT2D eigenvalue weighted by atomic mass is 9.95. The molecule has 6 nitrogen and oxygen atoms in total. The first-order chi connectivity index (χ1) is 14.5. The number of carbonyl (C=O) groups excluding carboxylic acids is 2. The molecular weight excluding hydrogens is 380 g/mol. The zero-order valence-corrected chi connectivity index (χ0v) is 17.8. The molecule has 0 radical (unpaired) electrons.